The van der Waals surface area contributed by atoms with Crippen LogP contribution < -0.4 is 15.2 Å². The number of rotatable bonds is 6. The molecule has 1 fully saturated rings. The zero-order valence-electron chi connectivity index (χ0n) is 17.8. The molecule has 1 saturated heterocycles. The van der Waals surface area contributed by atoms with Crippen molar-refractivity contribution in [3.63, 3.8) is 0 Å². The standard InChI is InChI=1S/C24H26N6O/c1-29(2)19-10-12-25-21(16-19)23(18-8-4-3-5-9-18)27-28-24(31)22-17-20(11-13-26-22)30-14-6-7-15-30/h3-5,8-13,16-17H,6-7,14-15H2,1-2H3,(H,28,31)/b27-23-. The highest BCUT2D eigenvalue weighted by Gasteiger charge is 2.16. The summed E-state index contributed by atoms with van der Waals surface area (Å²) < 4.78 is 0. The highest BCUT2D eigenvalue weighted by Crippen LogP contribution is 2.20. The normalized spacial score (nSPS) is 13.9. The number of pyridine rings is 2. The number of hydrogen-bond acceptors (Lipinski definition) is 6. The first-order valence-electron chi connectivity index (χ1n) is 10.4. The lowest BCUT2D eigenvalue weighted by Crippen LogP contribution is -2.23. The molecule has 1 amide bonds. The van der Waals surface area contributed by atoms with Crippen LogP contribution in [0.5, 0.6) is 0 Å². The molecule has 0 saturated carbocycles. The lowest BCUT2D eigenvalue weighted by Gasteiger charge is -2.17. The first kappa shape index (κ1) is 20.5. The second-order valence-corrected chi connectivity index (χ2v) is 7.65. The van der Waals surface area contributed by atoms with Gasteiger partial charge in [-0.05, 0) is 37.1 Å². The quantitative estimate of drug-likeness (QED) is 0.495. The highest BCUT2D eigenvalue weighted by molar-refractivity contribution is 6.12. The number of amides is 1. The molecule has 0 unspecified atom stereocenters. The Labute approximate surface area is 182 Å². The maximum absolute atomic E-state index is 12.8. The van der Waals surface area contributed by atoms with E-state index in [1.165, 1.54) is 12.8 Å². The summed E-state index contributed by atoms with van der Waals surface area (Å²) in [6, 6.07) is 17.3. The van der Waals surface area contributed by atoms with E-state index < -0.39 is 0 Å². The second-order valence-electron chi connectivity index (χ2n) is 7.65. The van der Waals surface area contributed by atoms with Gasteiger partial charge in [0.15, 0.2) is 0 Å². The molecule has 0 spiro atoms. The van der Waals surface area contributed by atoms with Crippen LogP contribution in [0.15, 0.2) is 72.1 Å². The molecule has 4 rings (SSSR count). The van der Waals surface area contributed by atoms with E-state index in [0.29, 0.717) is 17.1 Å². The Bertz CT molecular complexity index is 1070. The molecule has 158 valence electrons. The van der Waals surface area contributed by atoms with E-state index in [9.17, 15) is 4.79 Å². The maximum Gasteiger partial charge on any atom is 0.290 e. The molecule has 0 bridgehead atoms. The van der Waals surface area contributed by atoms with E-state index in [-0.39, 0.29) is 5.91 Å². The van der Waals surface area contributed by atoms with Gasteiger partial charge in [0.2, 0.25) is 0 Å². The van der Waals surface area contributed by atoms with Crippen molar-refractivity contribution in [2.45, 2.75) is 12.8 Å². The summed E-state index contributed by atoms with van der Waals surface area (Å²) in [5.74, 6) is -0.349. The zero-order valence-corrected chi connectivity index (χ0v) is 17.8. The molecule has 31 heavy (non-hydrogen) atoms. The van der Waals surface area contributed by atoms with Crippen molar-refractivity contribution in [2.24, 2.45) is 5.10 Å². The zero-order chi connectivity index (χ0) is 21.6. The molecule has 1 aliphatic rings. The van der Waals surface area contributed by atoms with E-state index in [2.05, 4.69) is 25.4 Å². The van der Waals surface area contributed by atoms with Gasteiger partial charge in [-0.3, -0.25) is 14.8 Å². The molecule has 1 aromatic carbocycles. The molecule has 7 heteroatoms. The number of hydrogen-bond donors (Lipinski definition) is 1. The van der Waals surface area contributed by atoms with Crippen molar-refractivity contribution in [2.75, 3.05) is 37.0 Å². The first-order valence-corrected chi connectivity index (χ1v) is 10.4. The van der Waals surface area contributed by atoms with Gasteiger partial charge in [0, 0.05) is 56.5 Å². The van der Waals surface area contributed by atoms with Gasteiger partial charge in [-0.1, -0.05) is 30.3 Å². The molecule has 0 atom stereocenters. The van der Waals surface area contributed by atoms with Crippen LogP contribution in [0.3, 0.4) is 0 Å². The van der Waals surface area contributed by atoms with Gasteiger partial charge < -0.3 is 9.80 Å². The largest absolute Gasteiger partial charge is 0.378 e. The van der Waals surface area contributed by atoms with E-state index >= 15 is 0 Å². The van der Waals surface area contributed by atoms with E-state index in [1.54, 1.807) is 12.4 Å². The minimum absolute atomic E-state index is 0.343. The third-order valence-electron chi connectivity index (χ3n) is 5.27. The maximum atomic E-state index is 12.8. The fourth-order valence-corrected chi connectivity index (χ4v) is 3.57. The van der Waals surface area contributed by atoms with Crippen LogP contribution >= 0.6 is 0 Å². The predicted octanol–water partition coefficient (Wildman–Crippen LogP) is 3.33. The number of nitrogens with zero attached hydrogens (tertiary/aromatic N) is 5. The highest BCUT2D eigenvalue weighted by atomic mass is 16.2. The second kappa shape index (κ2) is 9.38. The van der Waals surface area contributed by atoms with Crippen molar-refractivity contribution in [1.82, 2.24) is 15.4 Å². The summed E-state index contributed by atoms with van der Waals surface area (Å²) in [6.45, 7) is 2.02. The molecule has 0 radical (unpaired) electrons. The Morgan fingerprint density at radius 3 is 2.42 bits per heavy atom. The lowest BCUT2D eigenvalue weighted by molar-refractivity contribution is 0.0950. The molecular formula is C24H26N6O. The monoisotopic (exact) mass is 414 g/mol. The number of aromatic nitrogens is 2. The molecule has 7 nitrogen and oxygen atoms in total. The average Bonchev–Trinajstić information content (AvgIpc) is 3.35. The van der Waals surface area contributed by atoms with Gasteiger partial charge in [0.25, 0.3) is 5.91 Å². The predicted molar refractivity (Wildman–Crippen MR) is 124 cm³/mol. The van der Waals surface area contributed by atoms with Crippen LogP contribution in [0.1, 0.15) is 34.6 Å². The average molecular weight is 415 g/mol. The topological polar surface area (TPSA) is 73.7 Å². The Morgan fingerprint density at radius 2 is 1.68 bits per heavy atom. The van der Waals surface area contributed by atoms with Gasteiger partial charge in [0.1, 0.15) is 11.4 Å². The van der Waals surface area contributed by atoms with E-state index in [1.807, 2.05) is 73.6 Å². The minimum atomic E-state index is -0.349. The summed E-state index contributed by atoms with van der Waals surface area (Å²) in [5.41, 5.74) is 7.17. The third-order valence-corrected chi connectivity index (χ3v) is 5.27. The van der Waals surface area contributed by atoms with Crippen molar-refractivity contribution >= 4 is 23.0 Å². The third kappa shape index (κ3) is 4.88. The van der Waals surface area contributed by atoms with Crippen molar-refractivity contribution in [3.05, 3.63) is 83.9 Å². The van der Waals surface area contributed by atoms with Crippen LogP contribution in [0.4, 0.5) is 11.4 Å². The smallest absolute Gasteiger partial charge is 0.290 e. The minimum Gasteiger partial charge on any atom is -0.378 e. The Balaban J connectivity index is 1.62. The number of anilines is 2. The van der Waals surface area contributed by atoms with E-state index in [0.717, 1.165) is 30.0 Å². The Morgan fingerprint density at radius 1 is 0.968 bits per heavy atom. The SMILES string of the molecule is CN(C)c1ccnc(/C(=N\NC(=O)c2cc(N3CCCC3)ccn2)c2ccccc2)c1. The van der Waals surface area contributed by atoms with Crippen molar-refractivity contribution < 1.29 is 4.79 Å². The summed E-state index contributed by atoms with van der Waals surface area (Å²) in [6.07, 6.45) is 5.76. The van der Waals surface area contributed by atoms with Crippen LogP contribution in [-0.4, -0.2) is 48.8 Å². The summed E-state index contributed by atoms with van der Waals surface area (Å²) >= 11 is 0. The first-order chi connectivity index (χ1) is 15.1. The molecule has 2 aromatic heterocycles. The molecule has 0 aliphatic carbocycles. The van der Waals surface area contributed by atoms with Gasteiger partial charge >= 0.3 is 0 Å². The molecule has 3 heterocycles. The van der Waals surface area contributed by atoms with Crippen LogP contribution in [-0.2, 0) is 0 Å². The number of carbonyl (C=O) groups excluding carboxylic acids is 1. The van der Waals surface area contributed by atoms with Crippen molar-refractivity contribution in [3.8, 4) is 0 Å². The number of hydrazone groups is 1. The fraction of sp³-hybridized carbons (Fsp3) is 0.250. The molecule has 1 N–H and O–H groups in total. The lowest BCUT2D eigenvalue weighted by atomic mass is 10.1. The van der Waals surface area contributed by atoms with Gasteiger partial charge in [-0.15, -0.1) is 0 Å². The summed E-state index contributed by atoms with van der Waals surface area (Å²) in [5, 5.41) is 4.45. The van der Waals surface area contributed by atoms with Crippen LogP contribution in [0, 0.1) is 0 Å². The number of carbonyl (C=O) groups is 1. The Kier molecular flexibility index (Phi) is 6.21. The molecular weight excluding hydrogens is 388 g/mol. The van der Waals surface area contributed by atoms with E-state index in [4.69, 9.17) is 0 Å². The van der Waals surface area contributed by atoms with Gasteiger partial charge in [-0.25, -0.2) is 5.43 Å². The van der Waals surface area contributed by atoms with Crippen molar-refractivity contribution in [1.29, 1.82) is 0 Å². The van der Waals surface area contributed by atoms with Gasteiger partial charge in [-0.2, -0.15) is 5.10 Å². The molecule has 1 aliphatic heterocycles. The summed E-state index contributed by atoms with van der Waals surface area (Å²) in [7, 11) is 3.94. The Hall–Kier alpha value is -3.74. The molecule has 3 aromatic rings. The van der Waals surface area contributed by atoms with Crippen LogP contribution in [0.25, 0.3) is 0 Å². The van der Waals surface area contributed by atoms with Gasteiger partial charge in [0.05, 0.1) is 5.69 Å². The van der Waals surface area contributed by atoms with Crippen LogP contribution in [0.2, 0.25) is 0 Å². The number of nitrogens with one attached hydrogen (secondary N) is 1. The number of benzene rings is 1. The fourth-order valence-electron chi connectivity index (χ4n) is 3.57. The summed E-state index contributed by atoms with van der Waals surface area (Å²) in [4.78, 5) is 25.8.